The first-order valence-electron chi connectivity index (χ1n) is 9.65. The molecule has 2 heterocycles. The summed E-state index contributed by atoms with van der Waals surface area (Å²) in [6.07, 6.45) is 0. The predicted octanol–water partition coefficient (Wildman–Crippen LogP) is 4.95. The first-order chi connectivity index (χ1) is 14.5. The molecular formula is C21H21Cl2N5O2. The minimum atomic E-state index is -0.162. The van der Waals surface area contributed by atoms with E-state index in [1.165, 1.54) is 0 Å². The van der Waals surface area contributed by atoms with Gasteiger partial charge in [-0.2, -0.15) is 4.98 Å². The lowest BCUT2D eigenvalue weighted by molar-refractivity contribution is 0.104. The topological polar surface area (TPSA) is 74.5 Å². The van der Waals surface area contributed by atoms with Crippen LogP contribution < -0.4 is 5.32 Å². The lowest BCUT2D eigenvalue weighted by Gasteiger charge is -2.36. The molecule has 0 spiro atoms. The molecule has 9 heteroatoms. The van der Waals surface area contributed by atoms with Crippen molar-refractivity contribution < 1.29 is 9.32 Å². The van der Waals surface area contributed by atoms with E-state index in [0.717, 1.165) is 5.56 Å². The van der Waals surface area contributed by atoms with E-state index in [9.17, 15) is 4.79 Å². The first-order valence-corrected chi connectivity index (χ1v) is 10.4. The van der Waals surface area contributed by atoms with Crippen LogP contribution in [0.25, 0.3) is 11.4 Å². The van der Waals surface area contributed by atoms with E-state index in [4.69, 9.17) is 27.7 Å². The van der Waals surface area contributed by atoms with Crippen LogP contribution in [0.15, 0.2) is 53.1 Å². The Labute approximate surface area is 184 Å². The van der Waals surface area contributed by atoms with Crippen molar-refractivity contribution in [1.29, 1.82) is 0 Å². The number of halogens is 2. The van der Waals surface area contributed by atoms with Gasteiger partial charge < -0.3 is 14.7 Å². The number of hydrogen-bond acceptors (Lipinski definition) is 5. The molecule has 0 radical (unpaired) electrons. The minimum absolute atomic E-state index is 0.0322. The number of amides is 2. The highest BCUT2D eigenvalue weighted by molar-refractivity contribution is 6.42. The maximum Gasteiger partial charge on any atom is 0.321 e. The van der Waals surface area contributed by atoms with Crippen molar-refractivity contribution in [3.8, 4) is 11.4 Å². The lowest BCUT2D eigenvalue weighted by atomic mass is 10.2. The first kappa shape index (κ1) is 20.7. The highest BCUT2D eigenvalue weighted by Gasteiger charge is 2.28. The number of carbonyl (C=O) groups is 1. The molecule has 1 fully saturated rings. The third-order valence-electron chi connectivity index (χ3n) is 5.15. The van der Waals surface area contributed by atoms with E-state index in [-0.39, 0.29) is 12.1 Å². The van der Waals surface area contributed by atoms with E-state index >= 15 is 0 Å². The van der Waals surface area contributed by atoms with Crippen molar-refractivity contribution in [2.75, 3.05) is 31.5 Å². The summed E-state index contributed by atoms with van der Waals surface area (Å²) in [4.78, 5) is 21.1. The molecule has 1 aliphatic heterocycles. The number of anilines is 1. The van der Waals surface area contributed by atoms with Gasteiger partial charge in [0.05, 0.1) is 16.1 Å². The third-order valence-corrected chi connectivity index (χ3v) is 5.89. The summed E-state index contributed by atoms with van der Waals surface area (Å²) in [5.41, 5.74) is 1.54. The van der Waals surface area contributed by atoms with Crippen LogP contribution in [-0.2, 0) is 0 Å². The number of carbonyl (C=O) groups excluding carboxylic acids is 1. The quantitative estimate of drug-likeness (QED) is 0.614. The number of rotatable bonds is 4. The molecule has 4 rings (SSSR count). The molecule has 0 unspecified atom stereocenters. The Morgan fingerprint density at radius 1 is 1.07 bits per heavy atom. The second-order valence-electron chi connectivity index (χ2n) is 7.08. The zero-order valence-electron chi connectivity index (χ0n) is 16.4. The fraction of sp³-hybridized carbons (Fsp3) is 0.286. The highest BCUT2D eigenvalue weighted by atomic mass is 35.5. The van der Waals surface area contributed by atoms with Gasteiger partial charge in [-0.25, -0.2) is 4.79 Å². The van der Waals surface area contributed by atoms with E-state index in [2.05, 4.69) is 20.4 Å². The van der Waals surface area contributed by atoms with Crippen LogP contribution >= 0.6 is 23.2 Å². The van der Waals surface area contributed by atoms with Gasteiger partial charge in [-0.1, -0.05) is 58.7 Å². The number of urea groups is 1. The fourth-order valence-corrected chi connectivity index (χ4v) is 3.65. The van der Waals surface area contributed by atoms with Gasteiger partial charge in [-0.3, -0.25) is 4.90 Å². The molecule has 1 aromatic heterocycles. The van der Waals surface area contributed by atoms with E-state index in [1.807, 2.05) is 37.3 Å². The molecule has 1 N–H and O–H groups in total. The molecule has 156 valence electrons. The average Bonchev–Trinajstić information content (AvgIpc) is 3.27. The van der Waals surface area contributed by atoms with Crippen molar-refractivity contribution >= 4 is 34.9 Å². The summed E-state index contributed by atoms with van der Waals surface area (Å²) in [5.74, 6) is 1.15. The van der Waals surface area contributed by atoms with Gasteiger partial charge in [0, 0.05) is 37.4 Å². The van der Waals surface area contributed by atoms with Crippen LogP contribution in [0.3, 0.4) is 0 Å². The van der Waals surface area contributed by atoms with Crippen LogP contribution in [0.2, 0.25) is 10.0 Å². The molecular weight excluding hydrogens is 425 g/mol. The van der Waals surface area contributed by atoms with Crippen molar-refractivity contribution in [3.63, 3.8) is 0 Å². The van der Waals surface area contributed by atoms with Crippen molar-refractivity contribution in [2.24, 2.45) is 0 Å². The van der Waals surface area contributed by atoms with Gasteiger partial charge in [0.15, 0.2) is 0 Å². The van der Waals surface area contributed by atoms with Gasteiger partial charge in [-0.15, -0.1) is 0 Å². The molecule has 30 heavy (non-hydrogen) atoms. The minimum Gasteiger partial charge on any atom is -0.337 e. The highest BCUT2D eigenvalue weighted by Crippen LogP contribution is 2.26. The Balaban J connectivity index is 1.33. The van der Waals surface area contributed by atoms with E-state index in [1.54, 1.807) is 23.1 Å². The molecule has 1 atom stereocenters. The Morgan fingerprint density at radius 3 is 2.50 bits per heavy atom. The summed E-state index contributed by atoms with van der Waals surface area (Å²) < 4.78 is 5.49. The van der Waals surface area contributed by atoms with Crippen LogP contribution in [0.1, 0.15) is 18.9 Å². The zero-order valence-corrected chi connectivity index (χ0v) is 17.9. The Hall–Kier alpha value is -2.61. The van der Waals surface area contributed by atoms with Crippen LogP contribution in [-0.4, -0.2) is 52.2 Å². The molecule has 0 saturated carbocycles. The predicted molar refractivity (Wildman–Crippen MR) is 117 cm³/mol. The summed E-state index contributed by atoms with van der Waals surface area (Å²) in [5, 5.41) is 7.82. The Morgan fingerprint density at radius 2 is 1.80 bits per heavy atom. The number of hydrogen-bond donors (Lipinski definition) is 1. The number of nitrogens with one attached hydrogen (secondary N) is 1. The second kappa shape index (κ2) is 9.04. The maximum absolute atomic E-state index is 12.5. The Kier molecular flexibility index (Phi) is 6.22. The van der Waals surface area contributed by atoms with Gasteiger partial charge in [0.25, 0.3) is 0 Å². The SMILES string of the molecule is C[C@H](c1nc(-c2ccccc2)no1)N1CCN(C(=O)Nc2ccc(Cl)c(Cl)c2)CC1. The van der Waals surface area contributed by atoms with Gasteiger partial charge in [-0.05, 0) is 25.1 Å². The number of benzene rings is 2. The molecule has 3 aromatic rings. The number of aromatic nitrogens is 2. The van der Waals surface area contributed by atoms with Crippen molar-refractivity contribution in [2.45, 2.75) is 13.0 Å². The smallest absolute Gasteiger partial charge is 0.321 e. The van der Waals surface area contributed by atoms with Crippen LogP contribution in [0.4, 0.5) is 10.5 Å². The number of nitrogens with zero attached hydrogens (tertiary/aromatic N) is 4. The molecule has 0 bridgehead atoms. The molecule has 1 aliphatic rings. The fourth-order valence-electron chi connectivity index (χ4n) is 3.35. The maximum atomic E-state index is 12.5. The summed E-state index contributed by atoms with van der Waals surface area (Å²) in [6, 6.07) is 14.6. The van der Waals surface area contributed by atoms with E-state index in [0.29, 0.717) is 53.6 Å². The standard InChI is InChI=1S/C21H21Cl2N5O2/c1-14(20-25-19(26-30-20)15-5-3-2-4-6-15)27-9-11-28(12-10-27)21(29)24-16-7-8-17(22)18(23)13-16/h2-8,13-14H,9-12H2,1H3,(H,24,29)/t14-/m1/s1. The largest absolute Gasteiger partial charge is 0.337 e. The molecule has 7 nitrogen and oxygen atoms in total. The summed E-state index contributed by atoms with van der Waals surface area (Å²) in [6.45, 7) is 4.64. The number of piperazine rings is 1. The Bertz CT molecular complexity index is 1020. The zero-order chi connectivity index (χ0) is 21.1. The summed E-state index contributed by atoms with van der Waals surface area (Å²) in [7, 11) is 0. The molecule has 2 amide bonds. The second-order valence-corrected chi connectivity index (χ2v) is 7.89. The van der Waals surface area contributed by atoms with Crippen molar-refractivity contribution in [3.05, 3.63) is 64.5 Å². The van der Waals surface area contributed by atoms with Crippen molar-refractivity contribution in [1.82, 2.24) is 19.9 Å². The third kappa shape index (κ3) is 4.59. The van der Waals surface area contributed by atoms with Crippen LogP contribution in [0, 0.1) is 0 Å². The van der Waals surface area contributed by atoms with E-state index < -0.39 is 0 Å². The lowest BCUT2D eigenvalue weighted by Crippen LogP contribution is -2.50. The molecule has 1 saturated heterocycles. The average molecular weight is 446 g/mol. The molecule has 0 aliphatic carbocycles. The van der Waals surface area contributed by atoms with Gasteiger partial charge in [0.2, 0.25) is 11.7 Å². The van der Waals surface area contributed by atoms with Gasteiger partial charge >= 0.3 is 6.03 Å². The normalized spacial score (nSPS) is 15.8. The van der Waals surface area contributed by atoms with Gasteiger partial charge in [0.1, 0.15) is 0 Å². The molecule has 2 aromatic carbocycles. The summed E-state index contributed by atoms with van der Waals surface area (Å²) >= 11 is 11.9. The monoisotopic (exact) mass is 445 g/mol. The van der Waals surface area contributed by atoms with Crippen LogP contribution in [0.5, 0.6) is 0 Å².